The minimum absolute atomic E-state index is 0.0607. The van der Waals surface area contributed by atoms with Crippen molar-refractivity contribution in [1.29, 1.82) is 0 Å². The zero-order valence-electron chi connectivity index (χ0n) is 11.3. The molecule has 1 aliphatic rings. The molecule has 0 spiro atoms. The number of ether oxygens (including phenoxy) is 1. The summed E-state index contributed by atoms with van der Waals surface area (Å²) >= 11 is 0. The largest absolute Gasteiger partial charge is 0.487 e. The van der Waals surface area contributed by atoms with E-state index >= 15 is 0 Å². The Labute approximate surface area is 121 Å². The number of hydrogen-bond acceptors (Lipinski definition) is 5. The molecular formula is C14H15N3O4. The van der Waals surface area contributed by atoms with E-state index in [1.54, 1.807) is 12.5 Å². The van der Waals surface area contributed by atoms with Crippen molar-refractivity contribution in [2.24, 2.45) is 0 Å². The molecule has 1 aromatic carbocycles. The van der Waals surface area contributed by atoms with Gasteiger partial charge in [0, 0.05) is 23.7 Å². The zero-order valence-corrected chi connectivity index (χ0v) is 11.3. The molecular weight excluding hydrogens is 274 g/mol. The highest BCUT2D eigenvalue weighted by atomic mass is 16.6. The van der Waals surface area contributed by atoms with Crippen LogP contribution in [-0.2, 0) is 13.2 Å². The van der Waals surface area contributed by atoms with E-state index in [1.807, 2.05) is 0 Å². The van der Waals surface area contributed by atoms with Crippen LogP contribution in [0.1, 0.15) is 30.1 Å². The molecule has 0 unspecified atom stereocenters. The van der Waals surface area contributed by atoms with Gasteiger partial charge in [-0.25, -0.2) is 4.98 Å². The minimum atomic E-state index is -0.495. The van der Waals surface area contributed by atoms with Gasteiger partial charge in [0.25, 0.3) is 5.69 Å². The number of non-ortho nitro benzene ring substituents is 1. The van der Waals surface area contributed by atoms with Crippen molar-refractivity contribution in [1.82, 2.24) is 9.55 Å². The molecule has 3 rings (SSSR count). The maximum Gasteiger partial charge on any atom is 0.270 e. The lowest BCUT2D eigenvalue weighted by Crippen LogP contribution is -2.05. The molecule has 0 bridgehead atoms. The Hall–Kier alpha value is -2.41. The lowest BCUT2D eigenvalue weighted by molar-refractivity contribution is -0.385. The first-order valence-corrected chi connectivity index (χ1v) is 6.70. The Balaban J connectivity index is 1.75. The van der Waals surface area contributed by atoms with Crippen LogP contribution in [0.4, 0.5) is 5.69 Å². The predicted octanol–water partition coefficient (Wildman–Crippen LogP) is 2.20. The molecule has 1 fully saturated rings. The number of nitro benzene ring substituents is 1. The third-order valence-corrected chi connectivity index (χ3v) is 3.49. The molecule has 0 amide bonds. The third-order valence-electron chi connectivity index (χ3n) is 3.49. The number of rotatable bonds is 6. The first kappa shape index (κ1) is 13.6. The first-order valence-electron chi connectivity index (χ1n) is 6.70. The number of aliphatic hydroxyl groups excluding tert-OH is 1. The highest BCUT2D eigenvalue weighted by Gasteiger charge is 2.25. The summed E-state index contributed by atoms with van der Waals surface area (Å²) in [5, 5.41) is 20.0. The van der Waals surface area contributed by atoms with Crippen molar-refractivity contribution in [2.75, 3.05) is 0 Å². The fourth-order valence-corrected chi connectivity index (χ4v) is 2.22. The average molecular weight is 289 g/mol. The maximum atomic E-state index is 10.7. The lowest BCUT2D eigenvalue weighted by Gasteiger charge is -2.11. The number of benzene rings is 1. The summed E-state index contributed by atoms with van der Waals surface area (Å²) in [6, 6.07) is 4.72. The van der Waals surface area contributed by atoms with Gasteiger partial charge in [0.05, 0.1) is 29.7 Å². The van der Waals surface area contributed by atoms with Gasteiger partial charge >= 0.3 is 0 Å². The van der Waals surface area contributed by atoms with Crippen molar-refractivity contribution in [2.45, 2.75) is 32.1 Å². The molecule has 0 aliphatic heterocycles. The van der Waals surface area contributed by atoms with E-state index in [2.05, 4.69) is 9.55 Å². The minimum Gasteiger partial charge on any atom is -0.487 e. The van der Waals surface area contributed by atoms with E-state index in [-0.39, 0.29) is 12.3 Å². The van der Waals surface area contributed by atoms with Gasteiger partial charge in [-0.2, -0.15) is 0 Å². The summed E-state index contributed by atoms with van der Waals surface area (Å²) in [4.78, 5) is 14.3. The van der Waals surface area contributed by atoms with Crippen molar-refractivity contribution in [3.63, 3.8) is 0 Å². The molecule has 21 heavy (non-hydrogen) atoms. The fourth-order valence-electron chi connectivity index (χ4n) is 2.22. The molecule has 2 aromatic rings. The molecule has 1 N–H and O–H groups in total. The standard InChI is InChI=1S/C14H15N3O4/c18-7-10-5-12(17(19)20)3-4-14(10)21-8-13-6-15-9-16(13)11-1-2-11/h3-6,9,11,18H,1-2,7-8H2. The van der Waals surface area contributed by atoms with Crippen molar-refractivity contribution in [3.05, 3.63) is 52.1 Å². The highest BCUT2D eigenvalue weighted by molar-refractivity contribution is 5.43. The Bertz CT molecular complexity index is 664. The van der Waals surface area contributed by atoms with Crippen LogP contribution in [0.3, 0.4) is 0 Å². The predicted molar refractivity (Wildman–Crippen MR) is 73.8 cm³/mol. The van der Waals surface area contributed by atoms with Crippen LogP contribution in [-0.4, -0.2) is 19.6 Å². The van der Waals surface area contributed by atoms with E-state index in [0.29, 0.717) is 24.0 Å². The van der Waals surface area contributed by atoms with E-state index < -0.39 is 4.92 Å². The molecule has 1 aliphatic carbocycles. The van der Waals surface area contributed by atoms with Crippen molar-refractivity contribution in [3.8, 4) is 5.75 Å². The van der Waals surface area contributed by atoms with Gasteiger partial charge in [0.2, 0.25) is 0 Å². The van der Waals surface area contributed by atoms with Crippen LogP contribution in [0.2, 0.25) is 0 Å². The number of aromatic nitrogens is 2. The van der Waals surface area contributed by atoms with Crippen LogP contribution in [0.15, 0.2) is 30.7 Å². The summed E-state index contributed by atoms with van der Waals surface area (Å²) in [5.74, 6) is 0.451. The first-order chi connectivity index (χ1) is 10.2. The van der Waals surface area contributed by atoms with Crippen LogP contribution in [0.5, 0.6) is 5.75 Å². The number of imidazole rings is 1. The van der Waals surface area contributed by atoms with Crippen molar-refractivity contribution >= 4 is 5.69 Å². The van der Waals surface area contributed by atoms with Crippen LogP contribution in [0, 0.1) is 10.1 Å². The summed E-state index contributed by atoms with van der Waals surface area (Å²) in [7, 11) is 0. The van der Waals surface area contributed by atoms with Gasteiger partial charge in [-0.15, -0.1) is 0 Å². The second kappa shape index (κ2) is 5.53. The second-order valence-electron chi connectivity index (χ2n) is 5.02. The Morgan fingerprint density at radius 1 is 1.48 bits per heavy atom. The van der Waals surface area contributed by atoms with E-state index in [0.717, 1.165) is 18.5 Å². The smallest absolute Gasteiger partial charge is 0.270 e. The van der Waals surface area contributed by atoms with Gasteiger partial charge in [0.15, 0.2) is 0 Å². The molecule has 0 atom stereocenters. The molecule has 110 valence electrons. The van der Waals surface area contributed by atoms with E-state index in [1.165, 1.54) is 18.2 Å². The summed E-state index contributed by atoms with van der Waals surface area (Å²) < 4.78 is 7.77. The van der Waals surface area contributed by atoms with Gasteiger partial charge in [-0.3, -0.25) is 10.1 Å². The molecule has 0 saturated heterocycles. The third kappa shape index (κ3) is 2.87. The number of nitrogens with zero attached hydrogens (tertiary/aromatic N) is 3. The molecule has 7 nitrogen and oxygen atoms in total. The number of aliphatic hydroxyl groups is 1. The fraction of sp³-hybridized carbons (Fsp3) is 0.357. The molecule has 1 aromatic heterocycles. The average Bonchev–Trinajstić information content (AvgIpc) is 3.23. The summed E-state index contributed by atoms with van der Waals surface area (Å²) in [5.41, 5.74) is 1.30. The molecule has 0 radical (unpaired) electrons. The Morgan fingerprint density at radius 2 is 2.29 bits per heavy atom. The van der Waals surface area contributed by atoms with Gasteiger partial charge in [-0.1, -0.05) is 0 Å². The van der Waals surface area contributed by atoms with Crippen molar-refractivity contribution < 1.29 is 14.8 Å². The zero-order chi connectivity index (χ0) is 14.8. The monoisotopic (exact) mass is 289 g/mol. The quantitative estimate of drug-likeness (QED) is 0.650. The number of nitro groups is 1. The highest BCUT2D eigenvalue weighted by Crippen LogP contribution is 2.36. The molecule has 7 heteroatoms. The van der Waals surface area contributed by atoms with Crippen LogP contribution in [0.25, 0.3) is 0 Å². The lowest BCUT2D eigenvalue weighted by atomic mass is 10.2. The topological polar surface area (TPSA) is 90.4 Å². The number of hydrogen-bond donors (Lipinski definition) is 1. The molecule has 1 heterocycles. The maximum absolute atomic E-state index is 10.7. The van der Waals surface area contributed by atoms with Gasteiger partial charge in [0.1, 0.15) is 12.4 Å². The summed E-state index contributed by atoms with van der Waals surface area (Å²) in [6.45, 7) is 0.0141. The Kier molecular flexibility index (Phi) is 3.57. The Morgan fingerprint density at radius 3 is 2.95 bits per heavy atom. The van der Waals surface area contributed by atoms with Crippen LogP contribution >= 0.6 is 0 Å². The van der Waals surface area contributed by atoms with Crippen LogP contribution < -0.4 is 4.74 Å². The second-order valence-corrected chi connectivity index (χ2v) is 5.02. The van der Waals surface area contributed by atoms with E-state index in [4.69, 9.17) is 4.74 Å². The molecule has 1 saturated carbocycles. The van der Waals surface area contributed by atoms with E-state index in [9.17, 15) is 15.2 Å². The van der Waals surface area contributed by atoms with Gasteiger partial charge < -0.3 is 14.4 Å². The normalized spacial score (nSPS) is 14.1. The SMILES string of the molecule is O=[N+]([O-])c1ccc(OCc2cncn2C2CC2)c(CO)c1. The summed E-state index contributed by atoms with van der Waals surface area (Å²) in [6.07, 6.45) is 5.85. The van der Waals surface area contributed by atoms with Gasteiger partial charge in [-0.05, 0) is 18.9 Å².